The van der Waals surface area contributed by atoms with Gasteiger partial charge in [0, 0.05) is 38.5 Å². The highest BCUT2D eigenvalue weighted by Gasteiger charge is 2.32. The molecular formula is C15H27NO3. The third kappa shape index (κ3) is 4.55. The highest BCUT2D eigenvalue weighted by atomic mass is 16.5. The van der Waals surface area contributed by atoms with Crippen molar-refractivity contribution in [2.75, 3.05) is 33.4 Å². The van der Waals surface area contributed by atoms with Crippen LogP contribution < -0.4 is 0 Å². The molecule has 0 aromatic rings. The Balaban J connectivity index is 1.76. The van der Waals surface area contributed by atoms with Crippen LogP contribution in [0, 0.1) is 5.92 Å². The molecule has 0 aromatic heterocycles. The van der Waals surface area contributed by atoms with Crippen molar-refractivity contribution in [3.8, 4) is 0 Å². The molecular weight excluding hydrogens is 242 g/mol. The summed E-state index contributed by atoms with van der Waals surface area (Å²) in [5.74, 6) is 0.624. The summed E-state index contributed by atoms with van der Waals surface area (Å²) in [5.41, 5.74) is -0.667. The molecule has 4 nitrogen and oxygen atoms in total. The maximum atomic E-state index is 12.2. The molecule has 1 aliphatic carbocycles. The van der Waals surface area contributed by atoms with Gasteiger partial charge in [-0.15, -0.1) is 0 Å². The van der Waals surface area contributed by atoms with E-state index in [1.807, 2.05) is 11.9 Å². The lowest BCUT2D eigenvalue weighted by molar-refractivity contribution is -0.126. The maximum absolute atomic E-state index is 12.2. The number of Topliss-reactive ketones (excluding diaryl/α,β-unsaturated/α-hetero) is 1. The average Bonchev–Trinajstić information content (AvgIpc) is 2.39. The van der Waals surface area contributed by atoms with E-state index in [1.165, 1.54) is 19.3 Å². The van der Waals surface area contributed by atoms with E-state index in [0.717, 1.165) is 12.8 Å². The van der Waals surface area contributed by atoms with Gasteiger partial charge in [0.05, 0.1) is 12.1 Å². The number of ketones is 1. The third-order valence-electron chi connectivity index (χ3n) is 4.47. The lowest BCUT2D eigenvalue weighted by atomic mass is 9.86. The minimum atomic E-state index is -0.667. The Morgan fingerprint density at radius 2 is 1.89 bits per heavy atom. The molecule has 0 spiro atoms. The van der Waals surface area contributed by atoms with Crippen molar-refractivity contribution in [2.24, 2.45) is 5.92 Å². The van der Waals surface area contributed by atoms with Crippen LogP contribution in [0.15, 0.2) is 0 Å². The first-order valence-electron chi connectivity index (χ1n) is 7.60. The van der Waals surface area contributed by atoms with Crippen molar-refractivity contribution in [1.82, 2.24) is 4.90 Å². The molecule has 19 heavy (non-hydrogen) atoms. The molecule has 2 fully saturated rings. The molecule has 1 N–H and O–H groups in total. The fourth-order valence-electron chi connectivity index (χ4n) is 3.29. The summed E-state index contributed by atoms with van der Waals surface area (Å²) in [4.78, 5) is 14.2. The molecule has 0 atom stereocenters. The molecule has 0 unspecified atom stereocenters. The molecule has 1 saturated carbocycles. The van der Waals surface area contributed by atoms with Gasteiger partial charge in [0.2, 0.25) is 0 Å². The molecule has 2 rings (SSSR count). The molecule has 1 saturated heterocycles. The van der Waals surface area contributed by atoms with Crippen molar-refractivity contribution >= 4 is 5.78 Å². The first kappa shape index (κ1) is 14.9. The van der Waals surface area contributed by atoms with Crippen molar-refractivity contribution in [2.45, 2.75) is 50.5 Å². The SMILES string of the molecule is CN(CC(=O)C1CCCCC1)CC1(O)CCOCC1. The van der Waals surface area contributed by atoms with Gasteiger partial charge >= 0.3 is 0 Å². The predicted octanol–water partition coefficient (Wildman–Crippen LogP) is 1.61. The molecule has 0 amide bonds. The monoisotopic (exact) mass is 269 g/mol. The summed E-state index contributed by atoms with van der Waals surface area (Å²) < 4.78 is 5.28. The van der Waals surface area contributed by atoms with Gasteiger partial charge in [-0.05, 0) is 19.9 Å². The zero-order valence-corrected chi connectivity index (χ0v) is 12.1. The second-order valence-corrected chi connectivity index (χ2v) is 6.31. The van der Waals surface area contributed by atoms with E-state index in [9.17, 15) is 9.90 Å². The van der Waals surface area contributed by atoms with Gasteiger partial charge in [0.25, 0.3) is 0 Å². The quantitative estimate of drug-likeness (QED) is 0.824. The van der Waals surface area contributed by atoms with E-state index in [0.29, 0.717) is 44.9 Å². The molecule has 0 radical (unpaired) electrons. The third-order valence-corrected chi connectivity index (χ3v) is 4.47. The average molecular weight is 269 g/mol. The van der Waals surface area contributed by atoms with E-state index < -0.39 is 5.60 Å². The zero-order chi connectivity index (χ0) is 13.7. The molecule has 1 heterocycles. The number of nitrogens with zero attached hydrogens (tertiary/aromatic N) is 1. The summed E-state index contributed by atoms with van der Waals surface area (Å²) in [6, 6.07) is 0. The van der Waals surface area contributed by atoms with Gasteiger partial charge in [-0.2, -0.15) is 0 Å². The summed E-state index contributed by atoms with van der Waals surface area (Å²) >= 11 is 0. The highest BCUT2D eigenvalue weighted by molar-refractivity contribution is 5.83. The van der Waals surface area contributed by atoms with Gasteiger partial charge in [0.15, 0.2) is 0 Å². The fraction of sp³-hybridized carbons (Fsp3) is 0.933. The lowest BCUT2D eigenvalue weighted by Gasteiger charge is -2.35. The van der Waals surface area contributed by atoms with Gasteiger partial charge in [-0.25, -0.2) is 0 Å². The molecule has 110 valence electrons. The number of carbonyl (C=O) groups excluding carboxylic acids is 1. The van der Waals surface area contributed by atoms with Crippen LogP contribution in [-0.4, -0.2) is 54.7 Å². The minimum Gasteiger partial charge on any atom is -0.388 e. The van der Waals surface area contributed by atoms with Crippen molar-refractivity contribution in [3.63, 3.8) is 0 Å². The minimum absolute atomic E-state index is 0.264. The van der Waals surface area contributed by atoms with Gasteiger partial charge < -0.3 is 9.84 Å². The Hall–Kier alpha value is -0.450. The normalized spacial score (nSPS) is 24.6. The van der Waals surface area contributed by atoms with Crippen molar-refractivity contribution < 1.29 is 14.6 Å². The highest BCUT2D eigenvalue weighted by Crippen LogP contribution is 2.25. The molecule has 2 aliphatic rings. The van der Waals surface area contributed by atoms with E-state index >= 15 is 0 Å². The zero-order valence-electron chi connectivity index (χ0n) is 12.1. The van der Waals surface area contributed by atoms with Crippen LogP contribution >= 0.6 is 0 Å². The summed E-state index contributed by atoms with van der Waals surface area (Å²) in [6.45, 7) is 2.31. The fourth-order valence-corrected chi connectivity index (χ4v) is 3.29. The molecule has 0 aromatic carbocycles. The van der Waals surface area contributed by atoms with Crippen LogP contribution in [0.4, 0.5) is 0 Å². The van der Waals surface area contributed by atoms with E-state index in [-0.39, 0.29) is 5.92 Å². The first-order valence-corrected chi connectivity index (χ1v) is 7.60. The van der Waals surface area contributed by atoms with Crippen LogP contribution in [0.3, 0.4) is 0 Å². The second-order valence-electron chi connectivity index (χ2n) is 6.31. The largest absolute Gasteiger partial charge is 0.388 e. The Morgan fingerprint density at radius 3 is 2.53 bits per heavy atom. The second kappa shape index (κ2) is 6.82. The maximum Gasteiger partial charge on any atom is 0.149 e. The lowest BCUT2D eigenvalue weighted by Crippen LogP contribution is -2.47. The van der Waals surface area contributed by atoms with Gasteiger partial charge in [-0.1, -0.05) is 19.3 Å². The molecule has 4 heteroatoms. The number of hydrogen-bond donors (Lipinski definition) is 1. The Bertz CT molecular complexity index is 294. The van der Waals surface area contributed by atoms with Crippen LogP contribution in [0.2, 0.25) is 0 Å². The number of aliphatic hydroxyl groups is 1. The van der Waals surface area contributed by atoms with Crippen LogP contribution in [-0.2, 0) is 9.53 Å². The number of carbonyl (C=O) groups is 1. The smallest absolute Gasteiger partial charge is 0.149 e. The topological polar surface area (TPSA) is 49.8 Å². The number of ether oxygens (including phenoxy) is 1. The van der Waals surface area contributed by atoms with Crippen LogP contribution in [0.5, 0.6) is 0 Å². The summed E-state index contributed by atoms with van der Waals surface area (Å²) in [6.07, 6.45) is 7.14. The number of likely N-dealkylation sites (N-methyl/N-ethyl adjacent to an activating group) is 1. The van der Waals surface area contributed by atoms with Gasteiger partial charge in [0.1, 0.15) is 5.78 Å². The molecule has 0 bridgehead atoms. The Kier molecular flexibility index (Phi) is 5.37. The summed E-state index contributed by atoms with van der Waals surface area (Å²) in [5, 5.41) is 10.4. The van der Waals surface area contributed by atoms with Crippen LogP contribution in [0.1, 0.15) is 44.9 Å². The van der Waals surface area contributed by atoms with E-state index in [2.05, 4.69) is 0 Å². The number of rotatable bonds is 5. The van der Waals surface area contributed by atoms with Gasteiger partial charge in [-0.3, -0.25) is 9.69 Å². The van der Waals surface area contributed by atoms with Crippen LogP contribution in [0.25, 0.3) is 0 Å². The van der Waals surface area contributed by atoms with E-state index in [4.69, 9.17) is 4.74 Å². The summed E-state index contributed by atoms with van der Waals surface area (Å²) in [7, 11) is 1.94. The Morgan fingerprint density at radius 1 is 1.26 bits per heavy atom. The number of hydrogen-bond acceptors (Lipinski definition) is 4. The Labute approximate surface area is 116 Å². The molecule has 1 aliphatic heterocycles. The predicted molar refractivity (Wildman–Crippen MR) is 74.1 cm³/mol. The standard InChI is InChI=1S/C15H27NO3/c1-16(12-15(18)7-9-19-10-8-15)11-14(17)13-5-3-2-4-6-13/h13,18H,2-12H2,1H3. The van der Waals surface area contributed by atoms with Crippen molar-refractivity contribution in [1.29, 1.82) is 0 Å². The van der Waals surface area contributed by atoms with Crippen molar-refractivity contribution in [3.05, 3.63) is 0 Å². The first-order chi connectivity index (χ1) is 9.09. The van der Waals surface area contributed by atoms with E-state index in [1.54, 1.807) is 0 Å².